The van der Waals surface area contributed by atoms with Gasteiger partial charge in [0.25, 0.3) is 0 Å². The minimum Gasteiger partial charge on any atom is -0.415 e. The normalized spacial score (nSPS) is 15.1. The van der Waals surface area contributed by atoms with Gasteiger partial charge in [0.15, 0.2) is 8.32 Å². The largest absolute Gasteiger partial charge is 0.415 e. The molecule has 18 heavy (non-hydrogen) atoms. The van der Waals surface area contributed by atoms with Crippen LogP contribution in [0, 0.1) is 0 Å². The molecule has 0 N–H and O–H groups in total. The first kappa shape index (κ1) is 15.2. The first-order chi connectivity index (χ1) is 8.42. The van der Waals surface area contributed by atoms with Crippen LogP contribution < -0.4 is 0 Å². The van der Waals surface area contributed by atoms with Crippen LogP contribution in [0.15, 0.2) is 43.0 Å². The summed E-state index contributed by atoms with van der Waals surface area (Å²) < 4.78 is 11.8. The Balaban J connectivity index is 2.51. The van der Waals surface area contributed by atoms with Crippen molar-refractivity contribution in [3.05, 3.63) is 48.6 Å². The van der Waals surface area contributed by atoms with Gasteiger partial charge in [-0.2, -0.15) is 0 Å². The van der Waals surface area contributed by atoms with E-state index in [-0.39, 0.29) is 12.2 Å². The molecule has 0 aromatic heterocycles. The van der Waals surface area contributed by atoms with E-state index in [4.69, 9.17) is 9.16 Å². The molecule has 0 aliphatic heterocycles. The average molecular weight is 264 g/mol. The van der Waals surface area contributed by atoms with Crippen molar-refractivity contribution >= 4 is 8.32 Å². The molecule has 1 rings (SSSR count). The second-order valence-electron chi connectivity index (χ2n) is 5.44. The highest BCUT2D eigenvalue weighted by Gasteiger charge is 2.18. The third kappa shape index (κ3) is 5.62. The van der Waals surface area contributed by atoms with Gasteiger partial charge < -0.3 is 9.16 Å². The van der Waals surface area contributed by atoms with Gasteiger partial charge in [-0.1, -0.05) is 36.4 Å². The predicted octanol–water partition coefficient (Wildman–Crippen LogP) is 4.17. The molecule has 2 atom stereocenters. The molecule has 100 valence electrons. The lowest BCUT2D eigenvalue weighted by molar-refractivity contribution is -0.00439. The maximum Gasteiger partial charge on any atom is 0.183 e. The van der Waals surface area contributed by atoms with Crippen molar-refractivity contribution in [2.24, 2.45) is 0 Å². The highest BCUT2D eigenvalue weighted by Crippen LogP contribution is 2.20. The Hall–Kier alpha value is -0.903. The molecule has 0 fully saturated rings. The van der Waals surface area contributed by atoms with Crippen LogP contribution in [0.5, 0.6) is 0 Å². The van der Waals surface area contributed by atoms with E-state index >= 15 is 0 Å². The molecule has 0 saturated carbocycles. The van der Waals surface area contributed by atoms with E-state index in [1.165, 1.54) is 0 Å². The monoisotopic (exact) mass is 264 g/mol. The van der Waals surface area contributed by atoms with Crippen molar-refractivity contribution < 1.29 is 9.16 Å². The van der Waals surface area contributed by atoms with Gasteiger partial charge in [0.1, 0.15) is 6.10 Å². The minimum atomic E-state index is -1.47. The molecule has 0 amide bonds. The molecule has 0 bridgehead atoms. The molecule has 3 heteroatoms. The first-order valence-electron chi connectivity index (χ1n) is 6.39. The maximum atomic E-state index is 5.96. The van der Waals surface area contributed by atoms with Crippen LogP contribution in [0.2, 0.25) is 19.6 Å². The van der Waals surface area contributed by atoms with Crippen LogP contribution >= 0.6 is 0 Å². The molecule has 0 spiro atoms. The van der Waals surface area contributed by atoms with Crippen LogP contribution in [-0.4, -0.2) is 21.0 Å². The fraction of sp³-hybridized carbons (Fsp3) is 0.467. The highest BCUT2D eigenvalue weighted by atomic mass is 28.4. The van der Waals surface area contributed by atoms with Crippen LogP contribution in [0.3, 0.4) is 0 Å². The standard InChI is InChI=1S/C15H24O2Si/c1-6-15(14-10-8-7-9-11-14)17-13(2)12-16-18(3,4)5/h6-11,13,15H,1,12H2,2-5H3. The van der Waals surface area contributed by atoms with E-state index in [9.17, 15) is 0 Å². The molecule has 1 aromatic carbocycles. The Bertz CT molecular complexity index is 357. The van der Waals surface area contributed by atoms with E-state index in [0.717, 1.165) is 5.56 Å². The fourth-order valence-corrected chi connectivity index (χ4v) is 2.30. The molecular formula is C15H24O2Si. The summed E-state index contributed by atoms with van der Waals surface area (Å²) in [5.74, 6) is 0. The summed E-state index contributed by atoms with van der Waals surface area (Å²) >= 11 is 0. The Labute approximate surface area is 112 Å². The summed E-state index contributed by atoms with van der Waals surface area (Å²) in [4.78, 5) is 0. The topological polar surface area (TPSA) is 18.5 Å². The first-order valence-corrected chi connectivity index (χ1v) is 9.80. The summed E-state index contributed by atoms with van der Waals surface area (Å²) in [5.41, 5.74) is 1.13. The van der Waals surface area contributed by atoms with Gasteiger partial charge in [-0.25, -0.2) is 0 Å². The Kier molecular flexibility index (Phi) is 5.79. The summed E-state index contributed by atoms with van der Waals surface area (Å²) in [6.07, 6.45) is 1.84. The van der Waals surface area contributed by atoms with Crippen LogP contribution in [0.1, 0.15) is 18.6 Å². The molecule has 0 saturated heterocycles. The Morgan fingerprint density at radius 1 is 1.22 bits per heavy atom. The van der Waals surface area contributed by atoms with Crippen molar-refractivity contribution in [1.82, 2.24) is 0 Å². The minimum absolute atomic E-state index is 0.0635. The maximum absolute atomic E-state index is 5.96. The second kappa shape index (κ2) is 6.88. The van der Waals surface area contributed by atoms with Crippen LogP contribution in [-0.2, 0) is 9.16 Å². The molecule has 1 aromatic rings. The SMILES string of the molecule is C=CC(OC(C)CO[Si](C)(C)C)c1ccccc1. The number of hydrogen-bond acceptors (Lipinski definition) is 2. The molecule has 0 radical (unpaired) electrons. The molecule has 2 nitrogen and oxygen atoms in total. The van der Waals surface area contributed by atoms with Gasteiger partial charge in [0.05, 0.1) is 12.7 Å². The summed E-state index contributed by atoms with van der Waals surface area (Å²) in [7, 11) is -1.47. The van der Waals surface area contributed by atoms with E-state index in [1.54, 1.807) is 0 Å². The van der Waals surface area contributed by atoms with Crippen molar-refractivity contribution in [2.75, 3.05) is 6.61 Å². The molecule has 2 unspecified atom stereocenters. The highest BCUT2D eigenvalue weighted by molar-refractivity contribution is 6.69. The Morgan fingerprint density at radius 2 is 1.83 bits per heavy atom. The van der Waals surface area contributed by atoms with Gasteiger partial charge >= 0.3 is 0 Å². The van der Waals surface area contributed by atoms with Gasteiger partial charge in [-0.15, -0.1) is 6.58 Å². The average Bonchev–Trinajstić information content (AvgIpc) is 2.33. The third-order valence-corrected chi connectivity index (χ3v) is 3.50. The number of ether oxygens (including phenoxy) is 1. The van der Waals surface area contributed by atoms with Gasteiger partial charge in [0.2, 0.25) is 0 Å². The third-order valence-electron chi connectivity index (χ3n) is 2.47. The van der Waals surface area contributed by atoms with Crippen molar-refractivity contribution in [2.45, 2.75) is 38.8 Å². The summed E-state index contributed by atoms with van der Waals surface area (Å²) in [5, 5.41) is 0. The Morgan fingerprint density at radius 3 is 2.33 bits per heavy atom. The summed E-state index contributed by atoms with van der Waals surface area (Å²) in [6.45, 7) is 13.1. The quantitative estimate of drug-likeness (QED) is 0.543. The lowest BCUT2D eigenvalue weighted by Crippen LogP contribution is -2.30. The summed E-state index contributed by atoms with van der Waals surface area (Å²) in [6, 6.07) is 10.1. The smallest absolute Gasteiger partial charge is 0.183 e. The molecule has 0 aliphatic rings. The van der Waals surface area contributed by atoms with E-state index in [0.29, 0.717) is 6.61 Å². The van der Waals surface area contributed by atoms with E-state index in [2.05, 4.69) is 38.4 Å². The van der Waals surface area contributed by atoms with Crippen molar-refractivity contribution in [3.8, 4) is 0 Å². The van der Waals surface area contributed by atoms with Crippen LogP contribution in [0.25, 0.3) is 0 Å². The zero-order chi connectivity index (χ0) is 13.6. The fourth-order valence-electron chi connectivity index (χ4n) is 1.57. The van der Waals surface area contributed by atoms with E-state index in [1.807, 2.05) is 31.2 Å². The number of rotatable bonds is 7. The van der Waals surface area contributed by atoms with Gasteiger partial charge in [0, 0.05) is 0 Å². The molecular weight excluding hydrogens is 240 g/mol. The molecule has 0 aliphatic carbocycles. The lowest BCUT2D eigenvalue weighted by atomic mass is 10.1. The number of benzene rings is 1. The van der Waals surface area contributed by atoms with Gasteiger partial charge in [-0.3, -0.25) is 0 Å². The molecule has 0 heterocycles. The van der Waals surface area contributed by atoms with Crippen LogP contribution in [0.4, 0.5) is 0 Å². The lowest BCUT2D eigenvalue weighted by Gasteiger charge is -2.24. The number of hydrogen-bond donors (Lipinski definition) is 0. The van der Waals surface area contributed by atoms with Gasteiger partial charge in [-0.05, 0) is 32.1 Å². The second-order valence-corrected chi connectivity index (χ2v) is 9.95. The zero-order valence-electron chi connectivity index (χ0n) is 11.8. The van der Waals surface area contributed by atoms with E-state index < -0.39 is 8.32 Å². The van der Waals surface area contributed by atoms with Crippen molar-refractivity contribution in [3.63, 3.8) is 0 Å². The zero-order valence-corrected chi connectivity index (χ0v) is 12.8. The van der Waals surface area contributed by atoms with Crippen molar-refractivity contribution in [1.29, 1.82) is 0 Å². The predicted molar refractivity (Wildman–Crippen MR) is 79.2 cm³/mol.